The van der Waals surface area contributed by atoms with Gasteiger partial charge < -0.3 is 5.73 Å². The SMILES string of the molecule is CCCCCCCCc1[nH]nc(N)c1CC. The minimum absolute atomic E-state index is 0.684. The molecule has 0 aromatic carbocycles. The van der Waals surface area contributed by atoms with Gasteiger partial charge >= 0.3 is 0 Å². The van der Waals surface area contributed by atoms with Crippen molar-refractivity contribution in [3.63, 3.8) is 0 Å². The molecule has 16 heavy (non-hydrogen) atoms. The van der Waals surface area contributed by atoms with E-state index in [2.05, 4.69) is 24.0 Å². The third-order valence-electron chi connectivity index (χ3n) is 3.12. The Morgan fingerprint density at radius 1 is 1.06 bits per heavy atom. The standard InChI is InChI=1S/C13H25N3/c1-3-5-6-7-8-9-10-12-11(4-2)13(14)16-15-12/h3-10H2,1-2H3,(H3,14,15,16). The van der Waals surface area contributed by atoms with Crippen LogP contribution in [0.2, 0.25) is 0 Å². The van der Waals surface area contributed by atoms with Gasteiger partial charge in [-0.05, 0) is 19.3 Å². The summed E-state index contributed by atoms with van der Waals surface area (Å²) in [6, 6.07) is 0. The molecule has 0 bridgehead atoms. The molecule has 1 aromatic heterocycles. The van der Waals surface area contributed by atoms with E-state index in [0.29, 0.717) is 5.82 Å². The van der Waals surface area contributed by atoms with Crippen molar-refractivity contribution < 1.29 is 0 Å². The van der Waals surface area contributed by atoms with Gasteiger partial charge in [-0.1, -0.05) is 46.0 Å². The Hall–Kier alpha value is -0.990. The lowest BCUT2D eigenvalue weighted by atomic mass is 10.1. The van der Waals surface area contributed by atoms with E-state index < -0.39 is 0 Å². The summed E-state index contributed by atoms with van der Waals surface area (Å²) in [5.41, 5.74) is 8.24. The zero-order valence-electron chi connectivity index (χ0n) is 10.7. The van der Waals surface area contributed by atoms with Crippen molar-refractivity contribution in [2.75, 3.05) is 5.73 Å². The molecular weight excluding hydrogens is 198 g/mol. The Morgan fingerprint density at radius 2 is 1.75 bits per heavy atom. The summed E-state index contributed by atoms with van der Waals surface area (Å²) >= 11 is 0. The van der Waals surface area contributed by atoms with Gasteiger partial charge in [-0.25, -0.2) is 0 Å². The van der Waals surface area contributed by atoms with Crippen LogP contribution in [0.1, 0.15) is 63.6 Å². The molecule has 1 rings (SSSR count). The first-order valence-corrected chi connectivity index (χ1v) is 6.61. The number of H-pyrrole nitrogens is 1. The molecule has 0 fully saturated rings. The van der Waals surface area contributed by atoms with Crippen LogP contribution in [0, 0.1) is 0 Å². The molecule has 0 saturated carbocycles. The van der Waals surface area contributed by atoms with Crippen molar-refractivity contribution in [2.24, 2.45) is 0 Å². The topological polar surface area (TPSA) is 54.7 Å². The molecule has 0 radical (unpaired) electrons. The number of nitrogen functional groups attached to an aromatic ring is 1. The molecule has 1 heterocycles. The zero-order valence-corrected chi connectivity index (χ0v) is 10.7. The molecule has 0 unspecified atom stereocenters. The number of hydrogen-bond donors (Lipinski definition) is 2. The van der Waals surface area contributed by atoms with E-state index in [0.717, 1.165) is 12.8 Å². The number of rotatable bonds is 8. The Labute approximate surface area is 98.8 Å². The van der Waals surface area contributed by atoms with Gasteiger partial charge in [-0.15, -0.1) is 0 Å². The van der Waals surface area contributed by atoms with E-state index in [1.165, 1.54) is 49.8 Å². The fourth-order valence-corrected chi connectivity index (χ4v) is 2.10. The lowest BCUT2D eigenvalue weighted by Gasteiger charge is -2.02. The van der Waals surface area contributed by atoms with Crippen LogP contribution >= 0.6 is 0 Å². The summed E-state index contributed by atoms with van der Waals surface area (Å²) in [4.78, 5) is 0. The fourth-order valence-electron chi connectivity index (χ4n) is 2.10. The fraction of sp³-hybridized carbons (Fsp3) is 0.769. The zero-order chi connectivity index (χ0) is 11.8. The van der Waals surface area contributed by atoms with Gasteiger partial charge in [0.2, 0.25) is 0 Å². The Kier molecular flexibility index (Phi) is 5.98. The quantitative estimate of drug-likeness (QED) is 0.663. The second kappa shape index (κ2) is 7.31. The van der Waals surface area contributed by atoms with E-state index in [9.17, 15) is 0 Å². The number of nitrogens with two attached hydrogens (primary N) is 1. The van der Waals surface area contributed by atoms with Gasteiger partial charge in [0.05, 0.1) is 0 Å². The molecule has 3 heteroatoms. The molecule has 0 aliphatic heterocycles. The molecule has 3 nitrogen and oxygen atoms in total. The average molecular weight is 223 g/mol. The highest BCUT2D eigenvalue weighted by Crippen LogP contribution is 2.17. The number of hydrogen-bond acceptors (Lipinski definition) is 2. The summed E-state index contributed by atoms with van der Waals surface area (Å²) in [5, 5.41) is 7.12. The van der Waals surface area contributed by atoms with Crippen LogP contribution in [-0.4, -0.2) is 10.2 Å². The van der Waals surface area contributed by atoms with Gasteiger partial charge in [-0.3, -0.25) is 5.10 Å². The molecule has 0 atom stereocenters. The van der Waals surface area contributed by atoms with Crippen LogP contribution in [0.5, 0.6) is 0 Å². The lowest BCUT2D eigenvalue weighted by Crippen LogP contribution is -1.94. The van der Waals surface area contributed by atoms with E-state index >= 15 is 0 Å². The average Bonchev–Trinajstić information content (AvgIpc) is 2.64. The van der Waals surface area contributed by atoms with Crippen LogP contribution in [0.15, 0.2) is 0 Å². The number of nitrogens with one attached hydrogen (secondary N) is 1. The molecule has 0 amide bonds. The summed E-state index contributed by atoms with van der Waals surface area (Å²) in [7, 11) is 0. The van der Waals surface area contributed by atoms with E-state index in [-0.39, 0.29) is 0 Å². The maximum atomic E-state index is 5.78. The number of aromatic nitrogens is 2. The normalized spacial score (nSPS) is 10.9. The number of unbranched alkanes of at least 4 members (excludes halogenated alkanes) is 5. The third-order valence-corrected chi connectivity index (χ3v) is 3.12. The molecule has 0 spiro atoms. The molecule has 0 aliphatic carbocycles. The second-order valence-corrected chi connectivity index (χ2v) is 4.44. The van der Waals surface area contributed by atoms with E-state index in [1.54, 1.807) is 0 Å². The monoisotopic (exact) mass is 223 g/mol. The van der Waals surface area contributed by atoms with Gasteiger partial charge in [0, 0.05) is 11.3 Å². The van der Waals surface area contributed by atoms with Crippen LogP contribution < -0.4 is 5.73 Å². The molecule has 0 aliphatic rings. The highest BCUT2D eigenvalue weighted by molar-refractivity contribution is 5.41. The number of aryl methyl sites for hydroxylation is 1. The first-order valence-electron chi connectivity index (χ1n) is 6.61. The van der Waals surface area contributed by atoms with Gasteiger partial charge in [0.25, 0.3) is 0 Å². The maximum absolute atomic E-state index is 5.78. The van der Waals surface area contributed by atoms with Crippen LogP contribution in [-0.2, 0) is 12.8 Å². The number of anilines is 1. The minimum Gasteiger partial charge on any atom is -0.382 e. The number of nitrogens with zero attached hydrogens (tertiary/aromatic N) is 1. The maximum Gasteiger partial charge on any atom is 0.148 e. The van der Waals surface area contributed by atoms with Crippen LogP contribution in [0.4, 0.5) is 5.82 Å². The summed E-state index contributed by atoms with van der Waals surface area (Å²) in [6.45, 7) is 4.38. The molecule has 1 aromatic rings. The Bertz CT molecular complexity index is 291. The largest absolute Gasteiger partial charge is 0.382 e. The first-order chi connectivity index (χ1) is 7.79. The predicted molar refractivity (Wildman–Crippen MR) is 69.5 cm³/mol. The first kappa shape index (κ1) is 13.1. The van der Waals surface area contributed by atoms with Crippen molar-refractivity contribution in [3.8, 4) is 0 Å². The summed E-state index contributed by atoms with van der Waals surface area (Å²) in [6.07, 6.45) is 10.1. The van der Waals surface area contributed by atoms with Crippen molar-refractivity contribution in [1.82, 2.24) is 10.2 Å². The highest BCUT2D eigenvalue weighted by Gasteiger charge is 2.07. The summed E-state index contributed by atoms with van der Waals surface area (Å²) in [5.74, 6) is 0.684. The Morgan fingerprint density at radius 3 is 2.44 bits per heavy atom. The second-order valence-electron chi connectivity index (χ2n) is 4.44. The van der Waals surface area contributed by atoms with Crippen molar-refractivity contribution in [2.45, 2.75) is 65.2 Å². The van der Waals surface area contributed by atoms with E-state index in [4.69, 9.17) is 5.73 Å². The van der Waals surface area contributed by atoms with Crippen LogP contribution in [0.25, 0.3) is 0 Å². The molecule has 92 valence electrons. The van der Waals surface area contributed by atoms with E-state index in [1.807, 2.05) is 0 Å². The molecular formula is C13H25N3. The van der Waals surface area contributed by atoms with Crippen molar-refractivity contribution in [3.05, 3.63) is 11.3 Å². The Balaban J connectivity index is 2.21. The predicted octanol–water partition coefficient (Wildman–Crippen LogP) is 3.46. The van der Waals surface area contributed by atoms with Crippen LogP contribution in [0.3, 0.4) is 0 Å². The van der Waals surface area contributed by atoms with Crippen molar-refractivity contribution >= 4 is 5.82 Å². The van der Waals surface area contributed by atoms with Gasteiger partial charge in [-0.2, -0.15) is 5.10 Å². The van der Waals surface area contributed by atoms with Crippen molar-refractivity contribution in [1.29, 1.82) is 0 Å². The smallest absolute Gasteiger partial charge is 0.148 e. The lowest BCUT2D eigenvalue weighted by molar-refractivity contribution is 0.603. The third kappa shape index (κ3) is 3.87. The minimum atomic E-state index is 0.684. The van der Waals surface area contributed by atoms with Gasteiger partial charge in [0.15, 0.2) is 0 Å². The highest BCUT2D eigenvalue weighted by atomic mass is 15.2. The summed E-state index contributed by atoms with van der Waals surface area (Å²) < 4.78 is 0. The van der Waals surface area contributed by atoms with Gasteiger partial charge in [0.1, 0.15) is 5.82 Å². The molecule has 3 N–H and O–H groups in total. The molecule has 0 saturated heterocycles. The number of aromatic amines is 1.